The van der Waals surface area contributed by atoms with Crippen molar-refractivity contribution >= 4 is 17.8 Å². The van der Waals surface area contributed by atoms with Crippen LogP contribution < -0.4 is 33.4 Å². The summed E-state index contributed by atoms with van der Waals surface area (Å²) in [6.45, 7) is 8.46. The quantitative estimate of drug-likeness (QED) is 0.537. The second-order valence-corrected chi connectivity index (χ2v) is 5.62. The molecule has 0 aliphatic carbocycles. The number of halogens is 1. The Morgan fingerprint density at radius 2 is 1.91 bits per heavy atom. The van der Waals surface area contributed by atoms with E-state index in [9.17, 15) is 0 Å². The highest BCUT2D eigenvalue weighted by Crippen LogP contribution is 2.31. The molecule has 1 aliphatic heterocycles. The van der Waals surface area contributed by atoms with Crippen LogP contribution in [0.2, 0.25) is 0 Å². The SMILES string of the molecule is CCN1/C(=C/c2cccc[n+]2CC)C=Cc2cc(C)ccc21.[I-]. The highest BCUT2D eigenvalue weighted by molar-refractivity contribution is 5.79. The number of nitrogens with zero attached hydrogens (tertiary/aromatic N) is 2. The molecule has 1 aromatic carbocycles. The largest absolute Gasteiger partial charge is 1.00 e. The number of anilines is 1. The minimum Gasteiger partial charge on any atom is -1.00 e. The van der Waals surface area contributed by atoms with E-state index < -0.39 is 0 Å². The molecule has 1 aliphatic rings. The molecule has 0 saturated carbocycles. The van der Waals surface area contributed by atoms with Gasteiger partial charge in [-0.25, -0.2) is 0 Å². The van der Waals surface area contributed by atoms with Gasteiger partial charge in [-0.2, -0.15) is 4.57 Å². The van der Waals surface area contributed by atoms with Gasteiger partial charge in [-0.1, -0.05) is 17.7 Å². The van der Waals surface area contributed by atoms with Crippen LogP contribution in [0.25, 0.3) is 12.2 Å². The van der Waals surface area contributed by atoms with Crippen LogP contribution >= 0.6 is 0 Å². The van der Waals surface area contributed by atoms with Gasteiger partial charge >= 0.3 is 0 Å². The van der Waals surface area contributed by atoms with Gasteiger partial charge in [-0.05, 0) is 50.6 Å². The number of aryl methyl sites for hydroxylation is 2. The Morgan fingerprint density at radius 1 is 1.09 bits per heavy atom. The fourth-order valence-corrected chi connectivity index (χ4v) is 3.00. The maximum absolute atomic E-state index is 2.38. The van der Waals surface area contributed by atoms with Crippen LogP contribution in [0.1, 0.15) is 30.7 Å². The van der Waals surface area contributed by atoms with E-state index in [0.717, 1.165) is 13.1 Å². The van der Waals surface area contributed by atoms with Crippen molar-refractivity contribution in [3.05, 3.63) is 71.2 Å². The second kappa shape index (κ2) is 7.77. The molecule has 0 N–H and O–H groups in total. The summed E-state index contributed by atoms with van der Waals surface area (Å²) in [7, 11) is 0. The third-order valence-corrected chi connectivity index (χ3v) is 4.15. The number of aromatic nitrogens is 1. The number of rotatable bonds is 3. The Morgan fingerprint density at radius 3 is 2.65 bits per heavy atom. The van der Waals surface area contributed by atoms with Gasteiger partial charge in [0.15, 0.2) is 6.20 Å². The van der Waals surface area contributed by atoms with Crippen molar-refractivity contribution in [1.29, 1.82) is 0 Å². The molecule has 120 valence electrons. The van der Waals surface area contributed by atoms with Crippen LogP contribution in [0.5, 0.6) is 0 Å². The molecule has 0 unspecified atom stereocenters. The van der Waals surface area contributed by atoms with Gasteiger partial charge in [0.25, 0.3) is 0 Å². The molecule has 0 saturated heterocycles. The zero-order chi connectivity index (χ0) is 15.5. The van der Waals surface area contributed by atoms with Crippen molar-refractivity contribution in [2.24, 2.45) is 0 Å². The molecule has 23 heavy (non-hydrogen) atoms. The molecule has 1 aromatic heterocycles. The number of likely N-dealkylation sites (N-methyl/N-ethyl adjacent to an activating group) is 1. The fraction of sp³-hybridized carbons (Fsp3) is 0.250. The van der Waals surface area contributed by atoms with Crippen molar-refractivity contribution in [2.45, 2.75) is 27.3 Å². The molecule has 3 heteroatoms. The molecule has 2 aromatic rings. The molecule has 0 atom stereocenters. The molecule has 0 spiro atoms. The monoisotopic (exact) mass is 418 g/mol. The molecule has 2 heterocycles. The molecule has 0 amide bonds. The lowest BCUT2D eigenvalue weighted by molar-refractivity contribution is -0.695. The van der Waals surface area contributed by atoms with Gasteiger partial charge in [0.05, 0.1) is 0 Å². The zero-order valence-corrected chi connectivity index (χ0v) is 16.1. The topological polar surface area (TPSA) is 7.12 Å². The Bertz CT molecular complexity index is 747. The van der Waals surface area contributed by atoms with Crippen LogP contribution in [0.3, 0.4) is 0 Å². The summed E-state index contributed by atoms with van der Waals surface area (Å²) < 4.78 is 2.26. The lowest BCUT2D eigenvalue weighted by Crippen LogP contribution is -3.00. The van der Waals surface area contributed by atoms with E-state index >= 15 is 0 Å². The van der Waals surface area contributed by atoms with Crippen molar-refractivity contribution in [3.63, 3.8) is 0 Å². The van der Waals surface area contributed by atoms with Gasteiger partial charge in [0, 0.05) is 36.1 Å². The van der Waals surface area contributed by atoms with Crippen molar-refractivity contribution in [1.82, 2.24) is 0 Å². The fourth-order valence-electron chi connectivity index (χ4n) is 3.00. The third-order valence-electron chi connectivity index (χ3n) is 4.15. The van der Waals surface area contributed by atoms with Crippen molar-refractivity contribution in [2.75, 3.05) is 11.4 Å². The Balaban J connectivity index is 0.00000192. The van der Waals surface area contributed by atoms with E-state index in [-0.39, 0.29) is 24.0 Å². The smallest absolute Gasteiger partial charge is 0.207 e. The van der Waals surface area contributed by atoms with Gasteiger partial charge in [0.1, 0.15) is 6.54 Å². The number of fused-ring (bicyclic) bond motifs is 1. The van der Waals surface area contributed by atoms with Gasteiger partial charge in [0.2, 0.25) is 5.69 Å². The standard InChI is InChI=1S/C20H23N2.HI/c1-4-21-13-7-6-8-18(21)15-19-11-10-17-14-16(3)9-12-20(17)22(19)5-2;/h6-15H,4-5H2,1-3H3;1H/q+1;/p-1. The summed E-state index contributed by atoms with van der Waals surface area (Å²) in [4.78, 5) is 2.38. The van der Waals surface area contributed by atoms with Crippen LogP contribution in [-0.4, -0.2) is 6.54 Å². The zero-order valence-electron chi connectivity index (χ0n) is 14.0. The molecule has 0 radical (unpaired) electrons. The van der Waals surface area contributed by atoms with E-state index in [4.69, 9.17) is 0 Å². The highest BCUT2D eigenvalue weighted by atomic mass is 127. The molecular weight excluding hydrogens is 395 g/mol. The Kier molecular flexibility index (Phi) is 5.99. The summed E-state index contributed by atoms with van der Waals surface area (Å²) in [5.74, 6) is 0. The van der Waals surface area contributed by atoms with Crippen LogP contribution in [0.4, 0.5) is 5.69 Å². The maximum atomic E-state index is 2.38. The van der Waals surface area contributed by atoms with Crippen molar-refractivity contribution in [3.8, 4) is 0 Å². The molecule has 0 fully saturated rings. The Labute approximate surface area is 156 Å². The number of pyridine rings is 1. The average Bonchev–Trinajstić information content (AvgIpc) is 2.55. The van der Waals surface area contributed by atoms with E-state index in [1.54, 1.807) is 0 Å². The summed E-state index contributed by atoms with van der Waals surface area (Å²) in [5.41, 5.74) is 6.38. The average molecular weight is 418 g/mol. The number of benzene rings is 1. The van der Waals surface area contributed by atoms with Gasteiger partial charge in [-0.15, -0.1) is 0 Å². The normalized spacial score (nSPS) is 14.6. The molecular formula is C20H23IN2. The number of hydrogen-bond acceptors (Lipinski definition) is 1. The summed E-state index contributed by atoms with van der Waals surface area (Å²) in [6.07, 6.45) is 8.84. The Hall–Kier alpha value is -1.62. The lowest BCUT2D eigenvalue weighted by atomic mass is 10.0. The summed E-state index contributed by atoms with van der Waals surface area (Å²) in [5, 5.41) is 0. The van der Waals surface area contributed by atoms with E-state index in [0.29, 0.717) is 0 Å². The van der Waals surface area contributed by atoms with Crippen LogP contribution in [0.15, 0.2) is 54.4 Å². The first kappa shape index (κ1) is 17.7. The highest BCUT2D eigenvalue weighted by Gasteiger charge is 2.17. The van der Waals surface area contributed by atoms with E-state index in [1.165, 1.54) is 28.2 Å². The van der Waals surface area contributed by atoms with Gasteiger partial charge in [-0.3, -0.25) is 0 Å². The first-order valence-corrected chi connectivity index (χ1v) is 7.99. The predicted octanol–water partition coefficient (Wildman–Crippen LogP) is 1.20. The lowest BCUT2D eigenvalue weighted by Gasteiger charge is -2.29. The molecule has 0 bridgehead atoms. The predicted molar refractivity (Wildman–Crippen MR) is 93.5 cm³/mol. The van der Waals surface area contributed by atoms with E-state index in [1.807, 2.05) is 0 Å². The number of hydrogen-bond donors (Lipinski definition) is 0. The van der Waals surface area contributed by atoms with E-state index in [2.05, 4.69) is 91.1 Å². The third kappa shape index (κ3) is 3.66. The van der Waals surface area contributed by atoms with Gasteiger partial charge < -0.3 is 28.9 Å². The van der Waals surface area contributed by atoms with Crippen LogP contribution in [-0.2, 0) is 6.54 Å². The first-order valence-electron chi connectivity index (χ1n) is 7.99. The summed E-state index contributed by atoms with van der Waals surface area (Å²) >= 11 is 0. The molecule has 3 rings (SSSR count). The summed E-state index contributed by atoms with van der Waals surface area (Å²) in [6, 6.07) is 13.0. The minimum atomic E-state index is 0. The molecule has 2 nitrogen and oxygen atoms in total. The van der Waals surface area contributed by atoms with Crippen molar-refractivity contribution < 1.29 is 28.5 Å². The van der Waals surface area contributed by atoms with Crippen LogP contribution in [0, 0.1) is 6.92 Å². The maximum Gasteiger partial charge on any atom is 0.207 e. The number of allylic oxidation sites excluding steroid dienone is 1. The first-order chi connectivity index (χ1) is 10.7. The second-order valence-electron chi connectivity index (χ2n) is 5.62. The minimum absolute atomic E-state index is 0.